The van der Waals surface area contributed by atoms with Gasteiger partial charge >= 0.3 is 0 Å². The molecule has 1 saturated heterocycles. The van der Waals surface area contributed by atoms with Crippen molar-refractivity contribution in [1.82, 2.24) is 5.32 Å². The summed E-state index contributed by atoms with van der Waals surface area (Å²) in [5.74, 6) is 0.669. The summed E-state index contributed by atoms with van der Waals surface area (Å²) < 4.78 is 5.37. The summed E-state index contributed by atoms with van der Waals surface area (Å²) in [7, 11) is 0. The Kier molecular flexibility index (Phi) is 4.35. The van der Waals surface area contributed by atoms with Gasteiger partial charge in [-0.25, -0.2) is 0 Å². The van der Waals surface area contributed by atoms with Crippen LogP contribution < -0.4 is 11.1 Å². The molecular formula is C11H24N2O. The van der Waals surface area contributed by atoms with Crippen LogP contribution in [-0.2, 0) is 4.74 Å². The van der Waals surface area contributed by atoms with Gasteiger partial charge in [-0.2, -0.15) is 0 Å². The second kappa shape index (κ2) is 5.10. The predicted molar refractivity (Wildman–Crippen MR) is 59.3 cm³/mol. The number of ether oxygens (including phenoxy) is 1. The standard InChI is InChI=1S/C11H24N2O/c1-4-11(3,12)8-13-9(2)10-5-6-14-7-10/h9-10,13H,4-8,12H2,1-3H3. The number of nitrogens with one attached hydrogen (secondary N) is 1. The zero-order chi connectivity index (χ0) is 10.6. The van der Waals surface area contributed by atoms with Crippen molar-refractivity contribution in [3.05, 3.63) is 0 Å². The Labute approximate surface area is 87.4 Å². The van der Waals surface area contributed by atoms with Crippen LogP contribution in [0.25, 0.3) is 0 Å². The fraction of sp³-hybridized carbons (Fsp3) is 1.00. The van der Waals surface area contributed by atoms with E-state index in [1.807, 2.05) is 0 Å². The number of hydrogen-bond acceptors (Lipinski definition) is 3. The van der Waals surface area contributed by atoms with Gasteiger partial charge in [0.05, 0.1) is 6.61 Å². The lowest BCUT2D eigenvalue weighted by Gasteiger charge is -2.27. The van der Waals surface area contributed by atoms with E-state index in [0.29, 0.717) is 12.0 Å². The van der Waals surface area contributed by atoms with Gasteiger partial charge in [0.1, 0.15) is 0 Å². The third-order valence-corrected chi connectivity index (χ3v) is 3.31. The number of nitrogens with two attached hydrogens (primary N) is 1. The van der Waals surface area contributed by atoms with Crippen LogP contribution in [0.1, 0.15) is 33.6 Å². The highest BCUT2D eigenvalue weighted by Crippen LogP contribution is 2.16. The Hall–Kier alpha value is -0.120. The molecule has 0 aromatic rings. The molecule has 1 aliphatic heterocycles. The third-order valence-electron chi connectivity index (χ3n) is 3.31. The Morgan fingerprint density at radius 1 is 1.64 bits per heavy atom. The molecule has 84 valence electrons. The van der Waals surface area contributed by atoms with Crippen LogP contribution in [0.5, 0.6) is 0 Å². The van der Waals surface area contributed by atoms with Crippen molar-refractivity contribution in [2.75, 3.05) is 19.8 Å². The van der Waals surface area contributed by atoms with Crippen molar-refractivity contribution >= 4 is 0 Å². The molecule has 0 bridgehead atoms. The molecule has 1 rings (SSSR count). The molecule has 3 unspecified atom stereocenters. The highest BCUT2D eigenvalue weighted by molar-refractivity contribution is 4.83. The Morgan fingerprint density at radius 2 is 2.36 bits per heavy atom. The van der Waals surface area contributed by atoms with E-state index in [9.17, 15) is 0 Å². The van der Waals surface area contributed by atoms with Crippen molar-refractivity contribution in [1.29, 1.82) is 0 Å². The van der Waals surface area contributed by atoms with Crippen molar-refractivity contribution in [3.63, 3.8) is 0 Å². The lowest BCUT2D eigenvalue weighted by Crippen LogP contribution is -2.49. The molecule has 14 heavy (non-hydrogen) atoms. The second-order valence-electron chi connectivity index (χ2n) is 4.80. The molecule has 0 aromatic carbocycles. The van der Waals surface area contributed by atoms with E-state index in [2.05, 4.69) is 26.1 Å². The molecular weight excluding hydrogens is 176 g/mol. The topological polar surface area (TPSA) is 47.3 Å². The van der Waals surface area contributed by atoms with Crippen molar-refractivity contribution in [3.8, 4) is 0 Å². The van der Waals surface area contributed by atoms with Crippen LogP contribution in [0.3, 0.4) is 0 Å². The molecule has 3 atom stereocenters. The summed E-state index contributed by atoms with van der Waals surface area (Å²) in [5.41, 5.74) is 5.99. The Morgan fingerprint density at radius 3 is 2.86 bits per heavy atom. The normalized spacial score (nSPS) is 28.7. The molecule has 0 aliphatic carbocycles. The van der Waals surface area contributed by atoms with Gasteiger partial charge in [0.2, 0.25) is 0 Å². The summed E-state index contributed by atoms with van der Waals surface area (Å²) in [6.07, 6.45) is 2.19. The predicted octanol–water partition coefficient (Wildman–Crippen LogP) is 1.13. The molecule has 3 N–H and O–H groups in total. The summed E-state index contributed by atoms with van der Waals surface area (Å²) in [4.78, 5) is 0. The van der Waals surface area contributed by atoms with E-state index < -0.39 is 0 Å². The zero-order valence-corrected chi connectivity index (χ0v) is 9.68. The van der Waals surface area contributed by atoms with Crippen molar-refractivity contribution in [2.24, 2.45) is 11.7 Å². The molecule has 1 aliphatic rings. The first kappa shape index (κ1) is 12.0. The van der Waals surface area contributed by atoms with E-state index in [1.54, 1.807) is 0 Å². The smallest absolute Gasteiger partial charge is 0.0509 e. The molecule has 1 heterocycles. The molecule has 0 amide bonds. The largest absolute Gasteiger partial charge is 0.381 e. The molecule has 0 spiro atoms. The van der Waals surface area contributed by atoms with E-state index >= 15 is 0 Å². The summed E-state index contributed by atoms with van der Waals surface area (Å²) >= 11 is 0. The Bertz CT molecular complexity index is 165. The first-order valence-corrected chi connectivity index (χ1v) is 5.65. The van der Waals surface area contributed by atoms with E-state index in [-0.39, 0.29) is 5.54 Å². The van der Waals surface area contributed by atoms with Crippen LogP contribution in [0.2, 0.25) is 0 Å². The molecule has 1 fully saturated rings. The van der Waals surface area contributed by atoms with Gasteiger partial charge in [0.25, 0.3) is 0 Å². The summed E-state index contributed by atoms with van der Waals surface area (Å²) in [5, 5.41) is 3.51. The minimum absolute atomic E-state index is 0.0757. The first-order chi connectivity index (χ1) is 6.55. The fourth-order valence-corrected chi connectivity index (χ4v) is 1.63. The summed E-state index contributed by atoms with van der Waals surface area (Å²) in [6, 6.07) is 0.520. The van der Waals surface area contributed by atoms with Crippen LogP contribution in [-0.4, -0.2) is 31.3 Å². The lowest BCUT2D eigenvalue weighted by molar-refractivity contribution is 0.177. The lowest BCUT2D eigenvalue weighted by atomic mass is 9.97. The van der Waals surface area contributed by atoms with Gasteiger partial charge in [-0.3, -0.25) is 0 Å². The first-order valence-electron chi connectivity index (χ1n) is 5.65. The maximum atomic E-state index is 6.07. The second-order valence-corrected chi connectivity index (χ2v) is 4.80. The van der Waals surface area contributed by atoms with E-state index in [1.165, 1.54) is 6.42 Å². The zero-order valence-electron chi connectivity index (χ0n) is 9.68. The minimum Gasteiger partial charge on any atom is -0.381 e. The third kappa shape index (κ3) is 3.56. The summed E-state index contributed by atoms with van der Waals surface area (Å²) in [6.45, 7) is 9.17. The van der Waals surface area contributed by atoms with E-state index in [0.717, 1.165) is 26.2 Å². The molecule has 0 aromatic heterocycles. The van der Waals surface area contributed by atoms with Crippen LogP contribution in [0, 0.1) is 5.92 Å². The van der Waals surface area contributed by atoms with Crippen LogP contribution >= 0.6 is 0 Å². The fourth-order valence-electron chi connectivity index (χ4n) is 1.63. The molecule has 3 heteroatoms. The highest BCUT2D eigenvalue weighted by atomic mass is 16.5. The van der Waals surface area contributed by atoms with Gasteiger partial charge in [0.15, 0.2) is 0 Å². The monoisotopic (exact) mass is 200 g/mol. The number of hydrogen-bond donors (Lipinski definition) is 2. The van der Waals surface area contributed by atoms with Crippen molar-refractivity contribution in [2.45, 2.75) is 45.2 Å². The molecule has 0 saturated carbocycles. The van der Waals surface area contributed by atoms with Crippen molar-refractivity contribution < 1.29 is 4.74 Å². The van der Waals surface area contributed by atoms with Crippen LogP contribution in [0.4, 0.5) is 0 Å². The number of rotatable bonds is 5. The van der Waals surface area contributed by atoms with Gasteiger partial charge in [-0.15, -0.1) is 0 Å². The average Bonchev–Trinajstić information content (AvgIpc) is 2.67. The highest BCUT2D eigenvalue weighted by Gasteiger charge is 2.24. The maximum absolute atomic E-state index is 6.07. The van der Waals surface area contributed by atoms with Gasteiger partial charge in [-0.1, -0.05) is 6.92 Å². The SMILES string of the molecule is CCC(C)(N)CNC(C)C1CCOC1. The maximum Gasteiger partial charge on any atom is 0.0509 e. The van der Waals surface area contributed by atoms with Crippen LogP contribution in [0.15, 0.2) is 0 Å². The minimum atomic E-state index is -0.0757. The molecule has 0 radical (unpaired) electrons. The molecule has 3 nitrogen and oxygen atoms in total. The van der Waals surface area contributed by atoms with Gasteiger partial charge in [0, 0.05) is 24.7 Å². The Balaban J connectivity index is 2.23. The average molecular weight is 200 g/mol. The van der Waals surface area contributed by atoms with E-state index in [4.69, 9.17) is 10.5 Å². The van der Waals surface area contributed by atoms with Gasteiger partial charge < -0.3 is 15.8 Å². The quantitative estimate of drug-likeness (QED) is 0.699. The van der Waals surface area contributed by atoms with Gasteiger partial charge in [-0.05, 0) is 32.6 Å².